The topological polar surface area (TPSA) is 39.1 Å². The normalized spacial score (nSPS) is 16.2. The van der Waals surface area contributed by atoms with E-state index in [1.807, 2.05) is 12.1 Å². The van der Waals surface area contributed by atoms with E-state index >= 15 is 0 Å². The van der Waals surface area contributed by atoms with Gasteiger partial charge in [0.1, 0.15) is 0 Å². The maximum atomic E-state index is 12.8. The third-order valence-electron chi connectivity index (χ3n) is 5.08. The van der Waals surface area contributed by atoms with Gasteiger partial charge in [0.15, 0.2) is 5.78 Å². The average Bonchev–Trinajstić information content (AvgIpc) is 3.10. The summed E-state index contributed by atoms with van der Waals surface area (Å²) in [4.78, 5) is 24.3. The van der Waals surface area contributed by atoms with E-state index in [0.29, 0.717) is 17.9 Å². The summed E-state index contributed by atoms with van der Waals surface area (Å²) in [5.74, 6) is 0.943. The fourth-order valence-corrected chi connectivity index (χ4v) is 3.97. The number of aromatic nitrogens is 1. The minimum absolute atomic E-state index is 0.0909. The van der Waals surface area contributed by atoms with Gasteiger partial charge in [0.2, 0.25) is 5.56 Å². The number of aryl methyl sites for hydroxylation is 1. The molecular weight excluding hydrogens is 366 g/mol. The second-order valence-electron chi connectivity index (χ2n) is 6.70. The second kappa shape index (κ2) is 7.47. The zero-order chi connectivity index (χ0) is 17.1. The van der Waals surface area contributed by atoms with Crippen LogP contribution in [0.15, 0.2) is 51.9 Å². The Morgan fingerprint density at radius 3 is 2.46 bits per heavy atom. The van der Waals surface area contributed by atoms with Crippen molar-refractivity contribution < 1.29 is 4.79 Å². The summed E-state index contributed by atoms with van der Waals surface area (Å²) in [7, 11) is 1.68. The summed E-state index contributed by atoms with van der Waals surface area (Å²) in [6.07, 6.45) is 7.06. The molecule has 1 fully saturated rings. The molecular formula is C20H22BrNO2. The van der Waals surface area contributed by atoms with Gasteiger partial charge in [-0.1, -0.05) is 40.9 Å². The van der Waals surface area contributed by atoms with Crippen molar-refractivity contribution in [3.63, 3.8) is 0 Å². The molecule has 1 unspecified atom stereocenters. The predicted molar refractivity (Wildman–Crippen MR) is 99.5 cm³/mol. The Hall–Kier alpha value is -1.68. The number of ketones is 1. The molecule has 1 saturated carbocycles. The fraction of sp³-hybridized carbons (Fsp3) is 0.400. The molecule has 0 amide bonds. The molecule has 0 N–H and O–H groups in total. The summed E-state index contributed by atoms with van der Waals surface area (Å²) in [5, 5.41) is 0. The first-order valence-corrected chi connectivity index (χ1v) is 9.29. The number of Topliss-reactive ketones (excluding diaryl/α,β-unsaturated/α-hetero) is 1. The first-order chi connectivity index (χ1) is 11.5. The molecule has 1 aliphatic carbocycles. The van der Waals surface area contributed by atoms with Crippen molar-refractivity contribution in [2.75, 3.05) is 0 Å². The number of pyridine rings is 1. The number of carbonyl (C=O) groups is 1. The summed E-state index contributed by atoms with van der Waals surface area (Å²) in [6.45, 7) is 0. The highest BCUT2D eigenvalue weighted by Gasteiger charge is 2.28. The maximum Gasteiger partial charge on any atom is 0.250 e. The van der Waals surface area contributed by atoms with Gasteiger partial charge in [0.05, 0.1) is 0 Å². The van der Waals surface area contributed by atoms with Crippen LogP contribution in [0, 0.1) is 5.92 Å². The summed E-state index contributed by atoms with van der Waals surface area (Å²) >= 11 is 3.48. The van der Waals surface area contributed by atoms with Gasteiger partial charge < -0.3 is 4.57 Å². The van der Waals surface area contributed by atoms with Crippen molar-refractivity contribution in [1.29, 1.82) is 0 Å². The van der Waals surface area contributed by atoms with Crippen LogP contribution in [0.2, 0.25) is 0 Å². The summed E-state index contributed by atoms with van der Waals surface area (Å²) in [6, 6.07) is 11.5. The molecule has 0 spiro atoms. The Morgan fingerprint density at radius 2 is 1.83 bits per heavy atom. The number of benzene rings is 1. The van der Waals surface area contributed by atoms with Crippen molar-refractivity contribution in [1.82, 2.24) is 4.57 Å². The van der Waals surface area contributed by atoms with Crippen LogP contribution >= 0.6 is 15.9 Å². The highest BCUT2D eigenvalue weighted by molar-refractivity contribution is 9.10. The highest BCUT2D eigenvalue weighted by Crippen LogP contribution is 2.40. The standard InChI is InChI=1S/C20H22BrNO2/c1-22-13-16(8-11-20(22)24)19(23)12-18(14-4-2-3-5-14)15-6-9-17(21)10-7-15/h6-11,13-14,18H,2-5,12H2,1H3. The average molecular weight is 388 g/mol. The van der Waals surface area contributed by atoms with Crippen LogP contribution in [-0.2, 0) is 7.05 Å². The Balaban J connectivity index is 1.85. The lowest BCUT2D eigenvalue weighted by molar-refractivity contribution is 0.0963. The molecule has 0 aliphatic heterocycles. The number of rotatable bonds is 5. The van der Waals surface area contributed by atoms with Gasteiger partial charge in [-0.2, -0.15) is 0 Å². The molecule has 1 aliphatic rings. The maximum absolute atomic E-state index is 12.8. The zero-order valence-electron chi connectivity index (χ0n) is 13.9. The molecule has 24 heavy (non-hydrogen) atoms. The third-order valence-corrected chi connectivity index (χ3v) is 5.61. The molecule has 1 aromatic carbocycles. The van der Waals surface area contributed by atoms with Crippen molar-refractivity contribution in [3.8, 4) is 0 Å². The molecule has 1 aromatic heterocycles. The van der Waals surface area contributed by atoms with Gasteiger partial charge in [-0.25, -0.2) is 0 Å². The highest BCUT2D eigenvalue weighted by atomic mass is 79.9. The monoisotopic (exact) mass is 387 g/mol. The number of hydrogen-bond donors (Lipinski definition) is 0. The van der Waals surface area contributed by atoms with Crippen LogP contribution in [0.1, 0.15) is 53.9 Å². The van der Waals surface area contributed by atoms with Crippen molar-refractivity contribution in [2.45, 2.75) is 38.0 Å². The number of nitrogens with zero attached hydrogens (tertiary/aromatic N) is 1. The zero-order valence-corrected chi connectivity index (χ0v) is 15.5. The third kappa shape index (κ3) is 3.86. The molecule has 4 heteroatoms. The first-order valence-electron chi connectivity index (χ1n) is 8.50. The van der Waals surface area contributed by atoms with E-state index in [-0.39, 0.29) is 17.3 Å². The number of hydrogen-bond acceptors (Lipinski definition) is 2. The van der Waals surface area contributed by atoms with E-state index in [1.165, 1.54) is 41.9 Å². The number of halogens is 1. The lowest BCUT2D eigenvalue weighted by atomic mass is 9.80. The molecule has 2 aromatic rings. The van der Waals surface area contributed by atoms with E-state index in [2.05, 4.69) is 28.1 Å². The molecule has 1 heterocycles. The van der Waals surface area contributed by atoms with Crippen LogP contribution in [-0.4, -0.2) is 10.4 Å². The minimum atomic E-state index is -0.0909. The Morgan fingerprint density at radius 1 is 1.17 bits per heavy atom. The Bertz CT molecular complexity index is 773. The van der Waals surface area contributed by atoms with Crippen LogP contribution in [0.3, 0.4) is 0 Å². The smallest absolute Gasteiger partial charge is 0.250 e. The van der Waals surface area contributed by atoms with Crippen LogP contribution in [0.5, 0.6) is 0 Å². The van der Waals surface area contributed by atoms with Gasteiger partial charge in [-0.15, -0.1) is 0 Å². The second-order valence-corrected chi connectivity index (χ2v) is 7.61. The van der Waals surface area contributed by atoms with Gasteiger partial charge >= 0.3 is 0 Å². The Kier molecular flexibility index (Phi) is 5.34. The lowest BCUT2D eigenvalue weighted by Gasteiger charge is -2.23. The molecule has 0 saturated heterocycles. The molecule has 126 valence electrons. The molecule has 3 nitrogen and oxygen atoms in total. The van der Waals surface area contributed by atoms with Gasteiger partial charge in [0.25, 0.3) is 0 Å². The lowest BCUT2D eigenvalue weighted by Crippen LogP contribution is -2.19. The van der Waals surface area contributed by atoms with E-state index < -0.39 is 0 Å². The van der Waals surface area contributed by atoms with E-state index in [4.69, 9.17) is 0 Å². The SMILES string of the molecule is Cn1cc(C(=O)CC(c2ccc(Br)cc2)C2CCCC2)ccc1=O. The van der Waals surface area contributed by atoms with Gasteiger partial charge in [0, 0.05) is 35.8 Å². The van der Waals surface area contributed by atoms with Crippen LogP contribution in [0.4, 0.5) is 0 Å². The quantitative estimate of drug-likeness (QED) is 0.697. The molecule has 3 rings (SSSR count). The van der Waals surface area contributed by atoms with E-state index in [1.54, 1.807) is 19.3 Å². The van der Waals surface area contributed by atoms with E-state index in [0.717, 1.165) is 4.47 Å². The predicted octanol–water partition coefficient (Wildman–Crippen LogP) is 4.69. The van der Waals surface area contributed by atoms with Crippen molar-refractivity contribution >= 4 is 21.7 Å². The largest absolute Gasteiger partial charge is 0.318 e. The van der Waals surface area contributed by atoms with Crippen molar-refractivity contribution in [2.24, 2.45) is 13.0 Å². The summed E-state index contributed by atoms with van der Waals surface area (Å²) < 4.78 is 2.53. The molecule has 1 atom stereocenters. The van der Waals surface area contributed by atoms with Crippen molar-refractivity contribution in [3.05, 3.63) is 68.5 Å². The van der Waals surface area contributed by atoms with Gasteiger partial charge in [-0.05, 0) is 48.4 Å². The van der Waals surface area contributed by atoms with Crippen LogP contribution < -0.4 is 5.56 Å². The van der Waals surface area contributed by atoms with E-state index in [9.17, 15) is 9.59 Å². The first kappa shape index (κ1) is 17.2. The molecule has 0 radical (unpaired) electrons. The minimum Gasteiger partial charge on any atom is -0.318 e. The Labute approximate surface area is 150 Å². The van der Waals surface area contributed by atoms with Gasteiger partial charge in [-0.3, -0.25) is 9.59 Å². The fourth-order valence-electron chi connectivity index (χ4n) is 3.70. The number of carbonyl (C=O) groups excluding carboxylic acids is 1. The van der Waals surface area contributed by atoms with Crippen LogP contribution in [0.25, 0.3) is 0 Å². The molecule has 0 bridgehead atoms. The summed E-state index contributed by atoms with van der Waals surface area (Å²) in [5.41, 5.74) is 1.77.